The molecule has 3 aromatic heterocycles. The average molecular weight is 485 g/mol. The standard InChI is InChI=1S/C29H32N4O3/c1-7-20(19-11-9-8-10-12-19)27-30-23(13-16(2)3)28-31-29(34)21-14-22(26-17(4)32-36-18(26)5)25(35-6)15-24(21)33(27)28/h8-12,14-16,20H,7,13H2,1-6H3,(H,31,34). The van der Waals surface area contributed by atoms with Crippen LogP contribution in [0.4, 0.5) is 0 Å². The molecule has 0 aliphatic heterocycles. The zero-order chi connectivity index (χ0) is 25.6. The van der Waals surface area contributed by atoms with E-state index in [4.69, 9.17) is 14.2 Å². The van der Waals surface area contributed by atoms with Gasteiger partial charge in [0.1, 0.15) is 23.0 Å². The second kappa shape index (κ2) is 9.30. The van der Waals surface area contributed by atoms with Gasteiger partial charge in [0.25, 0.3) is 5.56 Å². The number of hydrogen-bond acceptors (Lipinski definition) is 5. The normalized spacial score (nSPS) is 12.6. The second-order valence-corrected chi connectivity index (χ2v) is 9.79. The van der Waals surface area contributed by atoms with E-state index in [-0.39, 0.29) is 11.5 Å². The maximum Gasteiger partial charge on any atom is 0.258 e. The fourth-order valence-corrected chi connectivity index (χ4v) is 5.21. The molecule has 2 aromatic carbocycles. The van der Waals surface area contributed by atoms with Crippen LogP contribution in [0.3, 0.4) is 0 Å². The number of aromatic nitrogens is 4. The highest BCUT2D eigenvalue weighted by Gasteiger charge is 2.25. The predicted octanol–water partition coefficient (Wildman–Crippen LogP) is 6.20. The molecule has 7 nitrogen and oxygen atoms in total. The van der Waals surface area contributed by atoms with Gasteiger partial charge in [-0.15, -0.1) is 0 Å². The highest BCUT2D eigenvalue weighted by Crippen LogP contribution is 2.38. The van der Waals surface area contributed by atoms with E-state index >= 15 is 0 Å². The molecule has 1 N–H and O–H groups in total. The minimum atomic E-state index is -0.155. The summed E-state index contributed by atoms with van der Waals surface area (Å²) in [6, 6.07) is 14.2. The molecule has 0 aliphatic rings. The lowest BCUT2D eigenvalue weighted by molar-refractivity contribution is 0.393. The lowest BCUT2D eigenvalue weighted by atomic mass is 9.95. The molecule has 0 radical (unpaired) electrons. The number of ether oxygens (including phenoxy) is 1. The molecule has 1 atom stereocenters. The van der Waals surface area contributed by atoms with Crippen molar-refractivity contribution in [1.29, 1.82) is 0 Å². The molecule has 5 rings (SSSR count). The number of imidazole rings is 1. The number of benzene rings is 2. The number of fused-ring (bicyclic) bond motifs is 3. The Balaban J connectivity index is 1.88. The van der Waals surface area contributed by atoms with E-state index in [2.05, 4.69) is 59.6 Å². The molecular weight excluding hydrogens is 452 g/mol. The third-order valence-corrected chi connectivity index (χ3v) is 6.84. The smallest absolute Gasteiger partial charge is 0.258 e. The van der Waals surface area contributed by atoms with Crippen LogP contribution in [0.5, 0.6) is 5.75 Å². The Morgan fingerprint density at radius 1 is 1.14 bits per heavy atom. The van der Waals surface area contributed by atoms with Gasteiger partial charge in [-0.05, 0) is 44.2 Å². The molecule has 186 valence electrons. The van der Waals surface area contributed by atoms with Crippen molar-refractivity contribution >= 4 is 16.6 Å². The van der Waals surface area contributed by atoms with Gasteiger partial charge in [-0.25, -0.2) is 4.98 Å². The maximum absolute atomic E-state index is 13.5. The molecule has 0 spiro atoms. The predicted molar refractivity (Wildman–Crippen MR) is 142 cm³/mol. The third-order valence-electron chi connectivity index (χ3n) is 6.84. The minimum Gasteiger partial charge on any atom is -0.496 e. The van der Waals surface area contributed by atoms with Crippen LogP contribution >= 0.6 is 0 Å². The number of aromatic amines is 1. The van der Waals surface area contributed by atoms with Crippen LogP contribution in [0.2, 0.25) is 0 Å². The largest absolute Gasteiger partial charge is 0.496 e. The first-order valence-corrected chi connectivity index (χ1v) is 12.5. The van der Waals surface area contributed by atoms with E-state index in [1.807, 2.05) is 32.0 Å². The molecule has 0 aliphatic carbocycles. The van der Waals surface area contributed by atoms with Crippen LogP contribution in [0, 0.1) is 19.8 Å². The van der Waals surface area contributed by atoms with Gasteiger partial charge < -0.3 is 14.2 Å². The Morgan fingerprint density at radius 3 is 2.50 bits per heavy atom. The lowest BCUT2D eigenvalue weighted by Crippen LogP contribution is -2.13. The molecule has 36 heavy (non-hydrogen) atoms. The number of methoxy groups -OCH3 is 1. The number of H-pyrrole nitrogens is 1. The van der Waals surface area contributed by atoms with Crippen LogP contribution in [0.1, 0.15) is 61.6 Å². The van der Waals surface area contributed by atoms with Crippen LogP contribution < -0.4 is 10.3 Å². The van der Waals surface area contributed by atoms with Gasteiger partial charge in [0.2, 0.25) is 0 Å². The van der Waals surface area contributed by atoms with E-state index in [1.54, 1.807) is 7.11 Å². The highest BCUT2D eigenvalue weighted by atomic mass is 16.5. The van der Waals surface area contributed by atoms with E-state index in [9.17, 15) is 4.79 Å². The maximum atomic E-state index is 13.5. The van der Waals surface area contributed by atoms with E-state index < -0.39 is 0 Å². The van der Waals surface area contributed by atoms with Crippen molar-refractivity contribution in [3.05, 3.63) is 81.4 Å². The first-order valence-electron chi connectivity index (χ1n) is 12.5. The summed E-state index contributed by atoms with van der Waals surface area (Å²) < 4.78 is 13.4. The SMILES string of the molecule is CCC(c1ccccc1)c1nc(CC(C)C)c2[nH]c(=O)c3cc(-c4c(C)noc4C)c(OC)cc3n12. The van der Waals surface area contributed by atoms with Crippen molar-refractivity contribution < 1.29 is 9.26 Å². The topological polar surface area (TPSA) is 85.4 Å². The van der Waals surface area contributed by atoms with Gasteiger partial charge in [0.05, 0.1) is 35.0 Å². The summed E-state index contributed by atoms with van der Waals surface area (Å²) in [6.45, 7) is 10.3. The van der Waals surface area contributed by atoms with Crippen molar-refractivity contribution in [1.82, 2.24) is 19.5 Å². The first kappa shape index (κ1) is 23.9. The van der Waals surface area contributed by atoms with E-state index in [1.165, 1.54) is 5.56 Å². The Kier molecular flexibility index (Phi) is 6.16. The van der Waals surface area contributed by atoms with Gasteiger partial charge in [0, 0.05) is 17.5 Å². The fraction of sp³-hybridized carbons (Fsp3) is 0.345. The number of nitrogens with one attached hydrogen (secondary N) is 1. The van der Waals surface area contributed by atoms with Crippen LogP contribution in [0.25, 0.3) is 27.7 Å². The molecule has 0 fully saturated rings. The fourth-order valence-electron chi connectivity index (χ4n) is 5.21. The number of rotatable bonds is 7. The summed E-state index contributed by atoms with van der Waals surface area (Å²) in [7, 11) is 1.64. The Labute approximate surface area is 210 Å². The van der Waals surface area contributed by atoms with Crippen LogP contribution in [-0.4, -0.2) is 26.6 Å². The summed E-state index contributed by atoms with van der Waals surface area (Å²) in [5, 5.41) is 4.67. The van der Waals surface area contributed by atoms with Gasteiger partial charge in [-0.3, -0.25) is 9.20 Å². The molecule has 0 amide bonds. The zero-order valence-electron chi connectivity index (χ0n) is 21.7. The van der Waals surface area contributed by atoms with Gasteiger partial charge in [-0.1, -0.05) is 56.3 Å². The third kappa shape index (κ3) is 3.88. The quantitative estimate of drug-likeness (QED) is 0.297. The molecule has 7 heteroatoms. The molecule has 5 aromatic rings. The van der Waals surface area contributed by atoms with Crippen molar-refractivity contribution in [2.75, 3.05) is 7.11 Å². The number of nitrogens with zero attached hydrogens (tertiary/aromatic N) is 3. The lowest BCUT2D eigenvalue weighted by Gasteiger charge is -2.17. The van der Waals surface area contributed by atoms with E-state index in [0.717, 1.165) is 52.3 Å². The van der Waals surface area contributed by atoms with Crippen molar-refractivity contribution in [2.24, 2.45) is 5.92 Å². The minimum absolute atomic E-state index is 0.0712. The number of hydrogen-bond donors (Lipinski definition) is 1. The van der Waals surface area contributed by atoms with Crippen molar-refractivity contribution in [3.8, 4) is 16.9 Å². The molecule has 3 heterocycles. The van der Waals surface area contributed by atoms with Crippen LogP contribution in [-0.2, 0) is 6.42 Å². The number of aryl methyl sites for hydroxylation is 2. The first-order chi connectivity index (χ1) is 17.3. The summed E-state index contributed by atoms with van der Waals surface area (Å²) in [5.41, 5.74) is 5.84. The molecular formula is C29H32N4O3. The van der Waals surface area contributed by atoms with E-state index in [0.29, 0.717) is 22.8 Å². The molecule has 0 saturated carbocycles. The average Bonchev–Trinajstić information content (AvgIpc) is 3.38. The van der Waals surface area contributed by atoms with Crippen molar-refractivity contribution in [3.63, 3.8) is 0 Å². The highest BCUT2D eigenvalue weighted by molar-refractivity contribution is 5.90. The van der Waals surface area contributed by atoms with Crippen molar-refractivity contribution in [2.45, 2.75) is 53.4 Å². The zero-order valence-corrected chi connectivity index (χ0v) is 21.7. The Hall–Kier alpha value is -3.87. The summed E-state index contributed by atoms with van der Waals surface area (Å²) in [4.78, 5) is 21.8. The Bertz CT molecular complexity index is 1590. The summed E-state index contributed by atoms with van der Waals surface area (Å²) >= 11 is 0. The summed E-state index contributed by atoms with van der Waals surface area (Å²) in [5.74, 6) is 2.72. The second-order valence-electron chi connectivity index (χ2n) is 9.79. The molecule has 0 saturated heterocycles. The van der Waals surface area contributed by atoms with Gasteiger partial charge >= 0.3 is 0 Å². The van der Waals surface area contributed by atoms with Gasteiger partial charge in [0.15, 0.2) is 0 Å². The summed E-state index contributed by atoms with van der Waals surface area (Å²) in [6.07, 6.45) is 1.64. The van der Waals surface area contributed by atoms with Gasteiger partial charge in [-0.2, -0.15) is 0 Å². The van der Waals surface area contributed by atoms with Crippen LogP contribution in [0.15, 0.2) is 51.8 Å². The monoisotopic (exact) mass is 484 g/mol. The Morgan fingerprint density at radius 2 is 1.89 bits per heavy atom. The molecule has 1 unspecified atom stereocenters. The molecule has 0 bridgehead atoms.